The maximum absolute atomic E-state index is 12.9. The highest BCUT2D eigenvalue weighted by Gasteiger charge is 2.41. The van der Waals surface area contributed by atoms with E-state index in [9.17, 15) is 23.3 Å². The van der Waals surface area contributed by atoms with Gasteiger partial charge in [-0.25, -0.2) is 8.42 Å². The summed E-state index contributed by atoms with van der Waals surface area (Å²) >= 11 is 5.73. The molecule has 1 amide bonds. The van der Waals surface area contributed by atoms with E-state index in [1.165, 1.54) is 6.07 Å². The summed E-state index contributed by atoms with van der Waals surface area (Å²) < 4.78 is 26.8. The van der Waals surface area contributed by atoms with Gasteiger partial charge in [0.15, 0.2) is 4.90 Å². The lowest BCUT2D eigenvalue weighted by Gasteiger charge is -2.23. The molecule has 0 bridgehead atoms. The predicted octanol–water partition coefficient (Wildman–Crippen LogP) is 1.93. The van der Waals surface area contributed by atoms with E-state index >= 15 is 0 Å². The van der Waals surface area contributed by atoms with Crippen molar-refractivity contribution in [3.05, 3.63) is 33.3 Å². The van der Waals surface area contributed by atoms with Crippen molar-refractivity contribution in [1.29, 1.82) is 0 Å². The van der Waals surface area contributed by atoms with E-state index in [0.29, 0.717) is 19.4 Å². The number of nitro benzene ring substituents is 1. The summed E-state index contributed by atoms with van der Waals surface area (Å²) in [4.78, 5) is 22.1. The minimum Gasteiger partial charge on any atom is -0.355 e. The van der Waals surface area contributed by atoms with Gasteiger partial charge in [-0.1, -0.05) is 18.5 Å². The fraction of sp³-hybridized carbons (Fsp3) is 0.500. The zero-order chi connectivity index (χ0) is 17.9. The number of nitrogens with one attached hydrogen (secondary N) is 1. The van der Waals surface area contributed by atoms with Gasteiger partial charge in [-0.2, -0.15) is 4.31 Å². The number of hydrogen-bond donors (Lipinski definition) is 1. The molecule has 1 aromatic rings. The van der Waals surface area contributed by atoms with Crippen LogP contribution in [-0.2, 0) is 14.8 Å². The lowest BCUT2D eigenvalue weighted by molar-refractivity contribution is -0.387. The molecule has 0 unspecified atom stereocenters. The number of amides is 1. The molecular formula is C14H18ClN3O5S. The molecule has 0 aromatic heterocycles. The fourth-order valence-corrected chi connectivity index (χ4v) is 4.60. The second-order valence-electron chi connectivity index (χ2n) is 5.43. The Balaban J connectivity index is 2.39. The first-order valence-corrected chi connectivity index (χ1v) is 9.34. The van der Waals surface area contributed by atoms with Gasteiger partial charge in [0.05, 0.1) is 4.92 Å². The average Bonchev–Trinajstić information content (AvgIpc) is 3.02. The van der Waals surface area contributed by atoms with Crippen LogP contribution in [0.3, 0.4) is 0 Å². The lowest BCUT2D eigenvalue weighted by atomic mass is 10.2. The van der Waals surface area contributed by atoms with E-state index in [-0.39, 0.29) is 17.5 Å². The summed E-state index contributed by atoms with van der Waals surface area (Å²) in [5.74, 6) is -0.380. The fourth-order valence-electron chi connectivity index (χ4n) is 2.63. The number of sulfonamides is 1. The van der Waals surface area contributed by atoms with Crippen LogP contribution < -0.4 is 5.32 Å². The van der Waals surface area contributed by atoms with Crippen LogP contribution in [0.2, 0.25) is 5.02 Å². The number of hydrogen-bond acceptors (Lipinski definition) is 5. The molecule has 132 valence electrons. The maximum atomic E-state index is 12.9. The average molecular weight is 376 g/mol. The van der Waals surface area contributed by atoms with Crippen LogP contribution in [0.5, 0.6) is 0 Å². The van der Waals surface area contributed by atoms with E-state index in [1.54, 1.807) is 0 Å². The molecule has 1 aliphatic heterocycles. The first kappa shape index (κ1) is 18.6. The standard InChI is InChI=1S/C14H18ClN3O5S/c1-2-7-16-14(19)11-4-3-8-17(11)24(22,23)13-6-5-10(15)9-12(13)18(20)21/h5-6,9,11H,2-4,7-8H2,1H3,(H,16,19)/t11-/m1/s1. The highest BCUT2D eigenvalue weighted by atomic mass is 35.5. The Kier molecular flexibility index (Phi) is 5.79. The molecule has 1 aliphatic rings. The van der Waals surface area contributed by atoms with Crippen LogP contribution in [0, 0.1) is 10.1 Å². The van der Waals surface area contributed by atoms with E-state index in [1.807, 2.05) is 6.92 Å². The number of nitro groups is 1. The Morgan fingerprint density at radius 1 is 1.50 bits per heavy atom. The monoisotopic (exact) mass is 375 g/mol. The van der Waals surface area contributed by atoms with Crippen molar-refractivity contribution in [2.45, 2.75) is 37.1 Å². The summed E-state index contributed by atoms with van der Waals surface area (Å²) in [6, 6.07) is 2.53. The van der Waals surface area contributed by atoms with Gasteiger partial charge in [-0.3, -0.25) is 14.9 Å². The van der Waals surface area contributed by atoms with Crippen molar-refractivity contribution in [2.24, 2.45) is 0 Å². The third-order valence-electron chi connectivity index (χ3n) is 3.76. The van der Waals surface area contributed by atoms with E-state index < -0.39 is 31.6 Å². The van der Waals surface area contributed by atoms with Gasteiger partial charge in [-0.15, -0.1) is 0 Å². The van der Waals surface area contributed by atoms with Gasteiger partial charge in [0.25, 0.3) is 15.7 Å². The van der Waals surface area contributed by atoms with Gasteiger partial charge in [0.1, 0.15) is 6.04 Å². The topological polar surface area (TPSA) is 110 Å². The molecule has 1 fully saturated rings. The van der Waals surface area contributed by atoms with Gasteiger partial charge < -0.3 is 5.32 Å². The van der Waals surface area contributed by atoms with Crippen LogP contribution in [0.1, 0.15) is 26.2 Å². The molecule has 24 heavy (non-hydrogen) atoms. The summed E-state index contributed by atoms with van der Waals surface area (Å²) in [6.07, 6.45) is 1.63. The van der Waals surface area contributed by atoms with Crippen molar-refractivity contribution in [3.8, 4) is 0 Å². The number of rotatable bonds is 6. The minimum atomic E-state index is -4.18. The molecule has 0 aliphatic carbocycles. The van der Waals surface area contributed by atoms with Gasteiger partial charge in [0, 0.05) is 24.2 Å². The zero-order valence-electron chi connectivity index (χ0n) is 13.1. The van der Waals surface area contributed by atoms with Crippen LogP contribution in [0.15, 0.2) is 23.1 Å². The van der Waals surface area contributed by atoms with Crippen LogP contribution in [-0.4, -0.2) is 42.7 Å². The Hall–Kier alpha value is -1.71. The largest absolute Gasteiger partial charge is 0.355 e. The molecule has 8 nitrogen and oxygen atoms in total. The molecule has 0 saturated carbocycles. The molecule has 10 heteroatoms. The maximum Gasteiger partial charge on any atom is 0.290 e. The molecule has 2 rings (SSSR count). The molecule has 1 atom stereocenters. The van der Waals surface area contributed by atoms with Crippen LogP contribution in [0.4, 0.5) is 5.69 Å². The van der Waals surface area contributed by atoms with Crippen molar-refractivity contribution in [2.75, 3.05) is 13.1 Å². The number of carbonyl (C=O) groups is 1. The van der Waals surface area contributed by atoms with Gasteiger partial charge >= 0.3 is 0 Å². The molecular weight excluding hydrogens is 358 g/mol. The third-order valence-corrected chi connectivity index (χ3v) is 5.95. The second-order valence-corrected chi connectivity index (χ2v) is 7.73. The summed E-state index contributed by atoms with van der Waals surface area (Å²) in [5.41, 5.74) is -0.595. The smallest absolute Gasteiger partial charge is 0.290 e. The van der Waals surface area contributed by atoms with Crippen molar-refractivity contribution >= 4 is 33.2 Å². The van der Waals surface area contributed by atoms with Crippen molar-refractivity contribution in [3.63, 3.8) is 0 Å². The van der Waals surface area contributed by atoms with Gasteiger partial charge in [0.2, 0.25) is 5.91 Å². The SMILES string of the molecule is CCCNC(=O)[C@H]1CCCN1S(=O)(=O)c1ccc(Cl)cc1[N+](=O)[O-]. The van der Waals surface area contributed by atoms with Crippen molar-refractivity contribution in [1.82, 2.24) is 9.62 Å². The Morgan fingerprint density at radius 3 is 2.83 bits per heavy atom. The normalized spacial score (nSPS) is 18.5. The minimum absolute atomic E-state index is 0.0688. The number of benzene rings is 1. The quantitative estimate of drug-likeness (QED) is 0.603. The summed E-state index contributed by atoms with van der Waals surface area (Å²) in [5, 5.41) is 13.9. The zero-order valence-corrected chi connectivity index (χ0v) is 14.6. The first-order valence-electron chi connectivity index (χ1n) is 7.52. The Labute approximate surface area is 145 Å². The summed E-state index contributed by atoms with van der Waals surface area (Å²) in [6.45, 7) is 2.48. The molecule has 1 saturated heterocycles. The highest BCUT2D eigenvalue weighted by molar-refractivity contribution is 7.89. The Morgan fingerprint density at radius 2 is 2.21 bits per heavy atom. The van der Waals surface area contributed by atoms with Crippen LogP contribution >= 0.6 is 11.6 Å². The summed E-state index contributed by atoms with van der Waals surface area (Å²) in [7, 11) is -4.18. The van der Waals surface area contributed by atoms with Gasteiger partial charge in [-0.05, 0) is 31.4 Å². The van der Waals surface area contributed by atoms with Crippen LogP contribution in [0.25, 0.3) is 0 Å². The number of nitrogens with zero attached hydrogens (tertiary/aromatic N) is 2. The molecule has 0 radical (unpaired) electrons. The highest BCUT2D eigenvalue weighted by Crippen LogP contribution is 2.33. The molecule has 1 aromatic carbocycles. The molecule has 0 spiro atoms. The number of halogens is 1. The molecule has 1 N–H and O–H groups in total. The Bertz CT molecular complexity index is 753. The first-order chi connectivity index (χ1) is 11.3. The lowest BCUT2D eigenvalue weighted by Crippen LogP contribution is -2.46. The predicted molar refractivity (Wildman–Crippen MR) is 88.3 cm³/mol. The second kappa shape index (κ2) is 7.45. The van der Waals surface area contributed by atoms with E-state index in [2.05, 4.69) is 5.32 Å². The van der Waals surface area contributed by atoms with E-state index in [0.717, 1.165) is 22.9 Å². The number of carbonyl (C=O) groups excluding carboxylic acids is 1. The van der Waals surface area contributed by atoms with E-state index in [4.69, 9.17) is 11.6 Å². The third kappa shape index (κ3) is 3.68. The molecule has 1 heterocycles. The van der Waals surface area contributed by atoms with Crippen molar-refractivity contribution < 1.29 is 18.1 Å².